The topological polar surface area (TPSA) is 71.8 Å². The van der Waals surface area contributed by atoms with Gasteiger partial charge in [0.05, 0.1) is 17.6 Å². The van der Waals surface area contributed by atoms with Crippen molar-refractivity contribution in [1.29, 1.82) is 0 Å². The lowest BCUT2D eigenvalue weighted by Gasteiger charge is -2.06. The minimum Gasteiger partial charge on any atom is -0.323 e. The fraction of sp³-hybridized carbons (Fsp3) is 0.357. The van der Waals surface area contributed by atoms with Gasteiger partial charge in [-0.05, 0) is 40.9 Å². The van der Waals surface area contributed by atoms with Crippen molar-refractivity contribution in [1.82, 2.24) is 20.3 Å². The van der Waals surface area contributed by atoms with Gasteiger partial charge in [-0.1, -0.05) is 17.3 Å². The molecule has 2 N–H and O–H groups in total. The summed E-state index contributed by atoms with van der Waals surface area (Å²) in [5, 5.41) is 14.2. The molecule has 0 bridgehead atoms. The summed E-state index contributed by atoms with van der Waals surface area (Å²) in [4.78, 5) is 12.0. The van der Waals surface area contributed by atoms with Gasteiger partial charge in [-0.2, -0.15) is 0 Å². The molecule has 0 atom stereocenters. The van der Waals surface area contributed by atoms with E-state index in [2.05, 4.69) is 36.9 Å². The first kappa shape index (κ1) is 14.2. The number of nitrogens with zero attached hydrogens (tertiary/aromatic N) is 3. The number of hydrogen-bond donors (Lipinski definition) is 2. The minimum atomic E-state index is -0.131. The quantitative estimate of drug-likeness (QED) is 0.835. The monoisotopic (exact) mass is 349 g/mol. The molecule has 1 aromatic carbocycles. The van der Waals surface area contributed by atoms with E-state index < -0.39 is 0 Å². The van der Waals surface area contributed by atoms with Gasteiger partial charge < -0.3 is 10.6 Å². The second-order valence-corrected chi connectivity index (χ2v) is 5.94. The highest BCUT2D eigenvalue weighted by Crippen LogP contribution is 2.21. The second kappa shape index (κ2) is 6.36. The summed E-state index contributed by atoms with van der Waals surface area (Å²) in [5.74, 6) is -0.131. The van der Waals surface area contributed by atoms with Crippen LogP contribution < -0.4 is 10.6 Å². The first-order valence-corrected chi connectivity index (χ1v) is 7.67. The van der Waals surface area contributed by atoms with E-state index in [4.69, 9.17) is 0 Å². The Labute approximate surface area is 131 Å². The van der Waals surface area contributed by atoms with Crippen molar-refractivity contribution in [3.8, 4) is 0 Å². The van der Waals surface area contributed by atoms with Gasteiger partial charge in [0.2, 0.25) is 5.91 Å². The lowest BCUT2D eigenvalue weighted by atomic mass is 10.3. The number of rotatable bonds is 6. The number of carbonyl (C=O) groups is 1. The lowest BCUT2D eigenvalue weighted by molar-refractivity contribution is -0.116. The Morgan fingerprint density at radius 1 is 1.38 bits per heavy atom. The molecule has 0 aliphatic heterocycles. The van der Waals surface area contributed by atoms with Crippen LogP contribution in [0.4, 0.5) is 5.69 Å². The average Bonchev–Trinajstić information content (AvgIpc) is 3.19. The molecule has 1 saturated carbocycles. The first-order valence-electron chi connectivity index (χ1n) is 6.87. The maximum Gasteiger partial charge on any atom is 0.246 e. The van der Waals surface area contributed by atoms with Crippen LogP contribution in [0.15, 0.2) is 34.9 Å². The molecule has 0 saturated heterocycles. The zero-order valence-corrected chi connectivity index (χ0v) is 13.0. The fourth-order valence-electron chi connectivity index (χ4n) is 1.93. The third-order valence-electron chi connectivity index (χ3n) is 3.19. The maximum atomic E-state index is 12.0. The first-order chi connectivity index (χ1) is 10.2. The third kappa shape index (κ3) is 4.12. The lowest BCUT2D eigenvalue weighted by Crippen LogP contribution is -2.19. The summed E-state index contributed by atoms with van der Waals surface area (Å²) >= 11 is 3.40. The van der Waals surface area contributed by atoms with Gasteiger partial charge in [0, 0.05) is 17.1 Å². The number of halogens is 1. The molecular weight excluding hydrogens is 334 g/mol. The Morgan fingerprint density at radius 2 is 2.19 bits per heavy atom. The van der Waals surface area contributed by atoms with Crippen LogP contribution in [0.3, 0.4) is 0 Å². The van der Waals surface area contributed by atoms with E-state index >= 15 is 0 Å². The summed E-state index contributed by atoms with van der Waals surface area (Å²) in [7, 11) is 0. The molecule has 0 spiro atoms. The van der Waals surface area contributed by atoms with Crippen molar-refractivity contribution in [2.75, 3.05) is 5.32 Å². The molecule has 7 heteroatoms. The number of anilines is 1. The number of hydrogen-bond acceptors (Lipinski definition) is 4. The van der Waals surface area contributed by atoms with E-state index in [0.29, 0.717) is 12.6 Å². The molecule has 6 nitrogen and oxygen atoms in total. The SMILES string of the molecule is O=C(Cn1cc(CNC2CC2)nn1)Nc1ccccc1Br. The van der Waals surface area contributed by atoms with Gasteiger partial charge in [0.15, 0.2) is 0 Å². The Morgan fingerprint density at radius 3 is 2.95 bits per heavy atom. The molecule has 1 aromatic heterocycles. The molecule has 1 fully saturated rings. The van der Waals surface area contributed by atoms with Crippen LogP contribution in [0, 0.1) is 0 Å². The second-order valence-electron chi connectivity index (χ2n) is 5.09. The van der Waals surface area contributed by atoms with Gasteiger partial charge >= 0.3 is 0 Å². The molecule has 1 aliphatic carbocycles. The smallest absolute Gasteiger partial charge is 0.246 e. The average molecular weight is 350 g/mol. The van der Waals surface area contributed by atoms with Crippen molar-refractivity contribution in [3.05, 3.63) is 40.6 Å². The molecule has 0 radical (unpaired) electrons. The number of carbonyl (C=O) groups excluding carboxylic acids is 1. The molecule has 2 aromatic rings. The van der Waals surface area contributed by atoms with Crippen LogP contribution in [0.1, 0.15) is 18.5 Å². The van der Waals surface area contributed by atoms with Gasteiger partial charge in [-0.3, -0.25) is 4.79 Å². The number of amides is 1. The highest BCUT2D eigenvalue weighted by atomic mass is 79.9. The highest BCUT2D eigenvalue weighted by Gasteiger charge is 2.20. The van der Waals surface area contributed by atoms with Crippen LogP contribution in [0.2, 0.25) is 0 Å². The zero-order valence-electron chi connectivity index (χ0n) is 11.4. The Bertz CT molecular complexity index is 638. The minimum absolute atomic E-state index is 0.131. The largest absolute Gasteiger partial charge is 0.323 e. The predicted octanol–water partition coefficient (Wildman–Crippen LogP) is 1.93. The Balaban J connectivity index is 1.53. The number of nitrogens with one attached hydrogen (secondary N) is 2. The molecule has 1 amide bonds. The van der Waals surface area contributed by atoms with Crippen molar-refractivity contribution >= 4 is 27.5 Å². The number of para-hydroxylation sites is 1. The Kier molecular flexibility index (Phi) is 4.31. The standard InChI is InChI=1S/C14H16BrN5O/c15-12-3-1-2-4-13(12)17-14(21)9-20-8-11(18-19-20)7-16-10-5-6-10/h1-4,8,10,16H,5-7,9H2,(H,17,21). The molecule has 1 heterocycles. The van der Waals surface area contributed by atoms with Gasteiger partial charge in [0.25, 0.3) is 0 Å². The molecule has 0 unspecified atom stereocenters. The van der Waals surface area contributed by atoms with Crippen LogP contribution >= 0.6 is 15.9 Å². The van der Waals surface area contributed by atoms with Crippen molar-refractivity contribution in [2.45, 2.75) is 32.0 Å². The van der Waals surface area contributed by atoms with E-state index in [-0.39, 0.29) is 12.5 Å². The van der Waals surface area contributed by atoms with E-state index in [1.54, 1.807) is 10.9 Å². The summed E-state index contributed by atoms with van der Waals surface area (Å²) in [6, 6.07) is 8.13. The van der Waals surface area contributed by atoms with Crippen LogP contribution in [0.25, 0.3) is 0 Å². The summed E-state index contributed by atoms with van der Waals surface area (Å²) in [6.45, 7) is 0.855. The van der Waals surface area contributed by atoms with E-state index in [1.165, 1.54) is 12.8 Å². The van der Waals surface area contributed by atoms with Crippen LogP contribution in [0.5, 0.6) is 0 Å². The van der Waals surface area contributed by atoms with Crippen molar-refractivity contribution < 1.29 is 4.79 Å². The van der Waals surface area contributed by atoms with Gasteiger partial charge in [0.1, 0.15) is 6.54 Å². The number of benzene rings is 1. The molecule has 3 rings (SSSR count). The van der Waals surface area contributed by atoms with Gasteiger partial charge in [-0.25, -0.2) is 4.68 Å². The maximum absolute atomic E-state index is 12.0. The summed E-state index contributed by atoms with van der Waals surface area (Å²) in [6.07, 6.45) is 4.28. The Hall–Kier alpha value is -1.73. The normalized spacial score (nSPS) is 14.1. The predicted molar refractivity (Wildman–Crippen MR) is 82.7 cm³/mol. The zero-order chi connectivity index (χ0) is 14.7. The van der Waals surface area contributed by atoms with Gasteiger partial charge in [-0.15, -0.1) is 5.10 Å². The third-order valence-corrected chi connectivity index (χ3v) is 3.88. The summed E-state index contributed by atoms with van der Waals surface area (Å²) in [5.41, 5.74) is 1.61. The van der Waals surface area contributed by atoms with Crippen LogP contribution in [-0.2, 0) is 17.9 Å². The highest BCUT2D eigenvalue weighted by molar-refractivity contribution is 9.10. The fourth-order valence-corrected chi connectivity index (χ4v) is 2.32. The molecule has 1 aliphatic rings. The molecule has 21 heavy (non-hydrogen) atoms. The summed E-state index contributed by atoms with van der Waals surface area (Å²) < 4.78 is 2.40. The van der Waals surface area contributed by atoms with Crippen molar-refractivity contribution in [3.63, 3.8) is 0 Å². The van der Waals surface area contributed by atoms with E-state index in [1.807, 2.05) is 24.3 Å². The number of aromatic nitrogens is 3. The molecule has 110 valence electrons. The molecular formula is C14H16BrN5O. The van der Waals surface area contributed by atoms with E-state index in [0.717, 1.165) is 15.9 Å². The van der Waals surface area contributed by atoms with Crippen molar-refractivity contribution in [2.24, 2.45) is 0 Å². The van der Waals surface area contributed by atoms with Crippen LogP contribution in [-0.4, -0.2) is 26.9 Å². The van der Waals surface area contributed by atoms with E-state index in [9.17, 15) is 4.79 Å².